The smallest absolute Gasteiger partial charge is 0.0604 e. The Bertz CT molecular complexity index is 156. The highest BCUT2D eigenvalue weighted by atomic mass is 16.5. The molecule has 1 N–H and O–H groups in total. The lowest BCUT2D eigenvalue weighted by Crippen LogP contribution is -2.52. The lowest BCUT2D eigenvalue weighted by Gasteiger charge is -2.40. The van der Waals surface area contributed by atoms with Gasteiger partial charge in [-0.25, -0.2) is 0 Å². The summed E-state index contributed by atoms with van der Waals surface area (Å²) in [6.45, 7) is 9.81. The average Bonchev–Trinajstić information content (AvgIpc) is 1.97. The number of nitrogens with one attached hydrogen (secondary N) is 1. The molecule has 1 saturated carbocycles. The molecule has 0 aromatic heterocycles. The highest BCUT2D eigenvalue weighted by Crippen LogP contribution is 2.25. The standard InChI is InChI=1S/C12H25NO/c1-5-6-7-14-11-8-10(9-11)13-12(2,3)4/h10-11,13H,5-9H2,1-4H3. The zero-order chi connectivity index (χ0) is 10.6. The minimum atomic E-state index is 0.249. The second-order valence-corrected chi connectivity index (χ2v) is 5.41. The van der Waals surface area contributed by atoms with Crippen LogP contribution in [-0.2, 0) is 4.74 Å². The number of ether oxygens (including phenoxy) is 1. The molecule has 2 nitrogen and oxygen atoms in total. The van der Waals surface area contributed by atoms with Gasteiger partial charge in [-0.05, 0) is 40.0 Å². The van der Waals surface area contributed by atoms with Crippen molar-refractivity contribution in [3.05, 3.63) is 0 Å². The summed E-state index contributed by atoms with van der Waals surface area (Å²) in [5.74, 6) is 0. The fourth-order valence-corrected chi connectivity index (χ4v) is 1.83. The van der Waals surface area contributed by atoms with Gasteiger partial charge in [0.1, 0.15) is 0 Å². The Labute approximate surface area is 88.4 Å². The molecule has 0 atom stereocenters. The van der Waals surface area contributed by atoms with Gasteiger partial charge in [0.15, 0.2) is 0 Å². The van der Waals surface area contributed by atoms with Crippen molar-refractivity contribution in [2.45, 2.75) is 71.1 Å². The summed E-state index contributed by atoms with van der Waals surface area (Å²) in [5.41, 5.74) is 0.249. The van der Waals surface area contributed by atoms with Crippen LogP contribution in [-0.4, -0.2) is 24.3 Å². The van der Waals surface area contributed by atoms with Gasteiger partial charge in [-0.15, -0.1) is 0 Å². The van der Waals surface area contributed by atoms with E-state index in [-0.39, 0.29) is 5.54 Å². The van der Waals surface area contributed by atoms with Gasteiger partial charge in [-0.3, -0.25) is 0 Å². The van der Waals surface area contributed by atoms with E-state index in [0.717, 1.165) is 6.61 Å². The molecule has 0 aliphatic heterocycles. The first-order chi connectivity index (χ1) is 6.51. The van der Waals surface area contributed by atoms with E-state index in [4.69, 9.17) is 4.74 Å². The average molecular weight is 199 g/mol. The number of hydrogen-bond donors (Lipinski definition) is 1. The molecule has 0 unspecified atom stereocenters. The van der Waals surface area contributed by atoms with Gasteiger partial charge in [-0.2, -0.15) is 0 Å². The molecule has 0 radical (unpaired) electrons. The van der Waals surface area contributed by atoms with E-state index in [1.807, 2.05) is 0 Å². The predicted octanol–water partition coefficient (Wildman–Crippen LogP) is 2.72. The third-order valence-electron chi connectivity index (χ3n) is 2.58. The Kier molecular flexibility index (Phi) is 4.39. The third-order valence-corrected chi connectivity index (χ3v) is 2.58. The van der Waals surface area contributed by atoms with Crippen molar-refractivity contribution < 1.29 is 4.74 Å². The van der Waals surface area contributed by atoms with E-state index >= 15 is 0 Å². The van der Waals surface area contributed by atoms with Crippen LogP contribution in [0.25, 0.3) is 0 Å². The predicted molar refractivity (Wildman–Crippen MR) is 60.6 cm³/mol. The molecule has 84 valence electrons. The Hall–Kier alpha value is -0.0800. The van der Waals surface area contributed by atoms with Gasteiger partial charge in [0.2, 0.25) is 0 Å². The SMILES string of the molecule is CCCCOC1CC(NC(C)(C)C)C1. The third kappa shape index (κ3) is 4.43. The Morgan fingerprint density at radius 3 is 2.43 bits per heavy atom. The summed E-state index contributed by atoms with van der Waals surface area (Å²) in [7, 11) is 0. The quantitative estimate of drug-likeness (QED) is 0.687. The van der Waals surface area contributed by atoms with Gasteiger partial charge in [0, 0.05) is 18.2 Å². The second-order valence-electron chi connectivity index (χ2n) is 5.41. The van der Waals surface area contributed by atoms with Crippen LogP contribution in [0.1, 0.15) is 53.4 Å². The molecular formula is C12H25NO. The molecule has 1 aliphatic carbocycles. The minimum Gasteiger partial charge on any atom is -0.378 e. The molecule has 2 heteroatoms. The van der Waals surface area contributed by atoms with Gasteiger partial charge in [-0.1, -0.05) is 13.3 Å². The summed E-state index contributed by atoms with van der Waals surface area (Å²) in [6.07, 6.45) is 5.35. The Balaban J connectivity index is 2.00. The molecule has 14 heavy (non-hydrogen) atoms. The lowest BCUT2D eigenvalue weighted by atomic mass is 9.87. The van der Waals surface area contributed by atoms with E-state index in [1.54, 1.807) is 0 Å². The van der Waals surface area contributed by atoms with E-state index in [1.165, 1.54) is 25.7 Å². The lowest BCUT2D eigenvalue weighted by molar-refractivity contribution is -0.0222. The highest BCUT2D eigenvalue weighted by Gasteiger charge is 2.31. The zero-order valence-corrected chi connectivity index (χ0v) is 10.1. The maximum Gasteiger partial charge on any atom is 0.0604 e. The molecule has 0 bridgehead atoms. The Morgan fingerprint density at radius 2 is 1.93 bits per heavy atom. The first-order valence-corrected chi connectivity index (χ1v) is 5.90. The molecule has 0 spiro atoms. The first kappa shape index (κ1) is 12.0. The van der Waals surface area contributed by atoms with E-state index < -0.39 is 0 Å². The fraction of sp³-hybridized carbons (Fsp3) is 1.00. The van der Waals surface area contributed by atoms with Crippen LogP contribution in [0, 0.1) is 0 Å². The monoisotopic (exact) mass is 199 g/mol. The van der Waals surface area contributed by atoms with E-state index in [0.29, 0.717) is 12.1 Å². The molecule has 0 heterocycles. The van der Waals surface area contributed by atoms with Crippen molar-refractivity contribution in [1.82, 2.24) is 5.32 Å². The summed E-state index contributed by atoms with van der Waals surface area (Å²) in [6, 6.07) is 0.682. The largest absolute Gasteiger partial charge is 0.378 e. The number of unbranched alkanes of at least 4 members (excludes halogenated alkanes) is 1. The molecule has 1 aliphatic rings. The summed E-state index contributed by atoms with van der Waals surface area (Å²) in [5, 5.41) is 3.60. The second kappa shape index (κ2) is 5.13. The van der Waals surface area contributed by atoms with Gasteiger partial charge in [0.25, 0.3) is 0 Å². The van der Waals surface area contributed by atoms with Crippen molar-refractivity contribution in [2.75, 3.05) is 6.61 Å². The van der Waals surface area contributed by atoms with E-state index in [9.17, 15) is 0 Å². The number of rotatable bonds is 5. The zero-order valence-electron chi connectivity index (χ0n) is 10.1. The van der Waals surface area contributed by atoms with Gasteiger partial charge >= 0.3 is 0 Å². The van der Waals surface area contributed by atoms with Crippen LogP contribution in [0.4, 0.5) is 0 Å². The van der Waals surface area contributed by atoms with Crippen molar-refractivity contribution >= 4 is 0 Å². The molecule has 1 fully saturated rings. The Morgan fingerprint density at radius 1 is 1.29 bits per heavy atom. The molecule has 0 aromatic carbocycles. The van der Waals surface area contributed by atoms with Crippen LogP contribution in [0.5, 0.6) is 0 Å². The summed E-state index contributed by atoms with van der Waals surface area (Å²) >= 11 is 0. The molecule has 0 amide bonds. The van der Waals surface area contributed by atoms with E-state index in [2.05, 4.69) is 33.0 Å². The van der Waals surface area contributed by atoms with Crippen LogP contribution in [0.15, 0.2) is 0 Å². The van der Waals surface area contributed by atoms with Gasteiger partial charge in [0.05, 0.1) is 6.10 Å². The normalized spacial score (nSPS) is 27.4. The van der Waals surface area contributed by atoms with Crippen LogP contribution in [0.3, 0.4) is 0 Å². The fourth-order valence-electron chi connectivity index (χ4n) is 1.83. The van der Waals surface area contributed by atoms with Crippen molar-refractivity contribution in [3.63, 3.8) is 0 Å². The maximum absolute atomic E-state index is 5.72. The number of hydrogen-bond acceptors (Lipinski definition) is 2. The maximum atomic E-state index is 5.72. The van der Waals surface area contributed by atoms with Crippen molar-refractivity contribution in [1.29, 1.82) is 0 Å². The summed E-state index contributed by atoms with van der Waals surface area (Å²) in [4.78, 5) is 0. The summed E-state index contributed by atoms with van der Waals surface area (Å²) < 4.78 is 5.72. The van der Waals surface area contributed by atoms with Crippen LogP contribution in [0.2, 0.25) is 0 Å². The first-order valence-electron chi connectivity index (χ1n) is 5.90. The topological polar surface area (TPSA) is 21.3 Å². The van der Waals surface area contributed by atoms with Crippen molar-refractivity contribution in [2.24, 2.45) is 0 Å². The molecular weight excluding hydrogens is 174 g/mol. The minimum absolute atomic E-state index is 0.249. The molecule has 1 rings (SSSR count). The molecule has 0 saturated heterocycles. The van der Waals surface area contributed by atoms with Crippen molar-refractivity contribution in [3.8, 4) is 0 Å². The van der Waals surface area contributed by atoms with Crippen LogP contribution < -0.4 is 5.32 Å². The highest BCUT2D eigenvalue weighted by molar-refractivity contribution is 4.90. The van der Waals surface area contributed by atoms with Crippen LogP contribution >= 0.6 is 0 Å². The molecule has 0 aromatic rings. The van der Waals surface area contributed by atoms with Gasteiger partial charge < -0.3 is 10.1 Å².